The minimum Gasteiger partial charge on any atom is -0.481 e. The Morgan fingerprint density at radius 2 is 1.97 bits per heavy atom. The minimum absolute atomic E-state index is 0.0116. The molecule has 2 unspecified atom stereocenters. The quantitative estimate of drug-likeness (QED) is 0.485. The molecule has 2 heterocycles. The van der Waals surface area contributed by atoms with Crippen LogP contribution in [0.4, 0.5) is 14.6 Å². The van der Waals surface area contributed by atoms with Crippen molar-refractivity contribution in [1.29, 1.82) is 0 Å². The van der Waals surface area contributed by atoms with Crippen LogP contribution in [0.5, 0.6) is 5.88 Å². The van der Waals surface area contributed by atoms with Crippen molar-refractivity contribution in [3.05, 3.63) is 41.5 Å². The summed E-state index contributed by atoms with van der Waals surface area (Å²) in [4.78, 5) is 8.33. The Labute approximate surface area is 178 Å². The zero-order valence-electron chi connectivity index (χ0n) is 16.7. The van der Waals surface area contributed by atoms with E-state index in [4.69, 9.17) is 4.74 Å². The zero-order valence-corrected chi connectivity index (χ0v) is 18.4. The third kappa shape index (κ3) is 5.56. The van der Waals surface area contributed by atoms with E-state index in [2.05, 4.69) is 20.0 Å². The van der Waals surface area contributed by atoms with E-state index in [0.717, 1.165) is 17.8 Å². The summed E-state index contributed by atoms with van der Waals surface area (Å²) in [6, 6.07) is 5.29. The number of hydrogen-bond acceptors (Lipinski definition) is 7. The Bertz CT molecular complexity index is 999. The minimum atomic E-state index is -3.84. The van der Waals surface area contributed by atoms with Gasteiger partial charge in [-0.3, -0.25) is 4.72 Å². The number of rotatable bonds is 7. The monoisotopic (exact) mass is 459 g/mol. The number of aromatic nitrogens is 2. The van der Waals surface area contributed by atoms with Crippen LogP contribution >= 0.6 is 11.8 Å². The fourth-order valence-electron chi connectivity index (χ4n) is 3.10. The third-order valence-corrected chi connectivity index (χ3v) is 6.72. The molecule has 164 valence electrons. The summed E-state index contributed by atoms with van der Waals surface area (Å²) in [6.45, 7) is 4.46. The van der Waals surface area contributed by atoms with Crippen LogP contribution in [0.3, 0.4) is 0 Å². The summed E-state index contributed by atoms with van der Waals surface area (Å²) < 4.78 is 61.8. The highest BCUT2D eigenvalue weighted by molar-refractivity contribution is 7.98. The van der Waals surface area contributed by atoms with Crippen LogP contribution in [0.2, 0.25) is 0 Å². The van der Waals surface area contributed by atoms with Gasteiger partial charge in [0.15, 0.2) is 16.8 Å². The lowest BCUT2D eigenvalue weighted by atomic mass is 10.2. The van der Waals surface area contributed by atoms with E-state index < -0.39 is 21.8 Å². The van der Waals surface area contributed by atoms with Gasteiger partial charge in [-0.05, 0) is 19.9 Å². The Morgan fingerprint density at radius 3 is 2.63 bits per heavy atom. The maximum Gasteiger partial charge on any atom is 0.302 e. The molecule has 0 radical (unpaired) electrons. The molecule has 1 aromatic heterocycles. The number of anilines is 1. The second kappa shape index (κ2) is 9.41. The molecule has 3 rings (SSSR count). The smallest absolute Gasteiger partial charge is 0.302 e. The number of hydrogen-bond donors (Lipinski definition) is 2. The molecule has 30 heavy (non-hydrogen) atoms. The molecule has 1 aliphatic heterocycles. The highest BCUT2D eigenvalue weighted by atomic mass is 32.2. The number of piperazine rings is 1. The Kier molecular flexibility index (Phi) is 7.11. The fourth-order valence-corrected chi connectivity index (χ4v) is 5.26. The summed E-state index contributed by atoms with van der Waals surface area (Å²) in [5.74, 6) is -1.63. The molecule has 1 saturated heterocycles. The van der Waals surface area contributed by atoms with Crippen LogP contribution in [0, 0.1) is 11.6 Å². The number of ether oxygens (including phenoxy) is 1. The second-order valence-corrected chi connectivity index (χ2v) is 9.59. The summed E-state index contributed by atoms with van der Waals surface area (Å²) in [7, 11) is -2.45. The topological polar surface area (TPSA) is 96.5 Å². The second-order valence-electron chi connectivity index (χ2n) is 6.97. The molecular weight excluding hydrogens is 436 g/mol. The normalized spacial score (nSPS) is 20.2. The van der Waals surface area contributed by atoms with Crippen molar-refractivity contribution in [2.24, 2.45) is 0 Å². The van der Waals surface area contributed by atoms with Gasteiger partial charge >= 0.3 is 10.2 Å². The summed E-state index contributed by atoms with van der Waals surface area (Å²) in [5.41, 5.74) is 0.150. The molecular formula is C18H23F2N5O3S2. The van der Waals surface area contributed by atoms with Gasteiger partial charge in [-0.2, -0.15) is 17.7 Å². The van der Waals surface area contributed by atoms with E-state index in [9.17, 15) is 17.2 Å². The maximum absolute atomic E-state index is 13.9. The lowest BCUT2D eigenvalue weighted by Gasteiger charge is -2.35. The van der Waals surface area contributed by atoms with E-state index >= 15 is 0 Å². The maximum atomic E-state index is 13.9. The van der Waals surface area contributed by atoms with Crippen molar-refractivity contribution in [2.45, 2.75) is 36.8 Å². The summed E-state index contributed by atoms with van der Waals surface area (Å²) >= 11 is 1.04. The first-order valence-corrected chi connectivity index (χ1v) is 11.6. The van der Waals surface area contributed by atoms with Gasteiger partial charge in [0.25, 0.3) is 0 Å². The first-order valence-electron chi connectivity index (χ1n) is 9.20. The zero-order chi connectivity index (χ0) is 21.9. The van der Waals surface area contributed by atoms with Crippen molar-refractivity contribution < 1.29 is 21.9 Å². The van der Waals surface area contributed by atoms with Crippen molar-refractivity contribution >= 4 is 27.8 Å². The number of nitrogens with zero attached hydrogens (tertiary/aromatic N) is 3. The first-order chi connectivity index (χ1) is 14.2. The van der Waals surface area contributed by atoms with Crippen LogP contribution in [0.1, 0.15) is 19.4 Å². The molecule has 2 aromatic rings. The van der Waals surface area contributed by atoms with Gasteiger partial charge < -0.3 is 10.1 Å². The molecule has 0 bridgehead atoms. The number of benzene rings is 1. The Morgan fingerprint density at radius 1 is 1.27 bits per heavy atom. The van der Waals surface area contributed by atoms with E-state index in [0.29, 0.717) is 13.1 Å². The van der Waals surface area contributed by atoms with Crippen molar-refractivity contribution in [3.63, 3.8) is 0 Å². The number of nitrogens with one attached hydrogen (secondary N) is 2. The van der Waals surface area contributed by atoms with Crippen LogP contribution in [-0.4, -0.2) is 55.0 Å². The molecule has 0 spiro atoms. The molecule has 0 saturated carbocycles. The van der Waals surface area contributed by atoms with Gasteiger partial charge in [0, 0.05) is 42.6 Å². The molecule has 8 nitrogen and oxygen atoms in total. The number of halogens is 2. The lowest BCUT2D eigenvalue weighted by molar-refractivity contribution is 0.264. The van der Waals surface area contributed by atoms with Gasteiger partial charge in [0.1, 0.15) is 5.82 Å². The molecule has 12 heteroatoms. The average molecular weight is 460 g/mol. The largest absolute Gasteiger partial charge is 0.481 e. The number of methoxy groups -OCH3 is 1. The summed E-state index contributed by atoms with van der Waals surface area (Å²) in [5, 5.41) is 3.44. The SMILES string of the molecule is COc1cc(NS(=O)(=O)N2CC(C)NC(C)C2)nc(SCc2cccc(F)c2F)n1. The van der Waals surface area contributed by atoms with Crippen molar-refractivity contribution in [1.82, 2.24) is 19.6 Å². The predicted octanol–water partition coefficient (Wildman–Crippen LogP) is 2.39. The molecule has 2 N–H and O–H groups in total. The first kappa shape index (κ1) is 22.7. The van der Waals surface area contributed by atoms with Crippen LogP contribution in [0.25, 0.3) is 0 Å². The molecule has 2 atom stereocenters. The van der Waals surface area contributed by atoms with Crippen LogP contribution in [0.15, 0.2) is 29.4 Å². The molecule has 1 fully saturated rings. The van der Waals surface area contributed by atoms with Gasteiger partial charge in [0.05, 0.1) is 7.11 Å². The molecule has 0 amide bonds. The van der Waals surface area contributed by atoms with Gasteiger partial charge in [-0.25, -0.2) is 13.8 Å². The van der Waals surface area contributed by atoms with Crippen molar-refractivity contribution in [2.75, 3.05) is 24.9 Å². The molecule has 1 aromatic carbocycles. The summed E-state index contributed by atoms with van der Waals surface area (Å²) in [6.07, 6.45) is 0. The number of thioether (sulfide) groups is 1. The van der Waals surface area contributed by atoms with E-state index in [1.165, 1.54) is 29.6 Å². The molecule has 0 aliphatic carbocycles. The highest BCUT2D eigenvalue weighted by Crippen LogP contribution is 2.26. The predicted molar refractivity (Wildman–Crippen MR) is 111 cm³/mol. The fraction of sp³-hybridized carbons (Fsp3) is 0.444. The standard InChI is InChI=1S/C18H23F2N5O3S2/c1-11-8-25(9-12(2)21-11)30(26,27)24-15-7-16(28-3)23-18(22-15)29-10-13-5-4-6-14(19)17(13)20/h4-7,11-12,21H,8-10H2,1-3H3,(H,22,23,24). The van der Waals surface area contributed by atoms with E-state index in [-0.39, 0.29) is 40.3 Å². The molecule has 1 aliphatic rings. The Balaban J connectivity index is 1.78. The van der Waals surface area contributed by atoms with Crippen molar-refractivity contribution in [3.8, 4) is 5.88 Å². The van der Waals surface area contributed by atoms with Gasteiger partial charge in [-0.1, -0.05) is 23.9 Å². The average Bonchev–Trinajstić information content (AvgIpc) is 2.68. The third-order valence-electron chi connectivity index (χ3n) is 4.38. The van der Waals surface area contributed by atoms with E-state index in [1.807, 2.05) is 13.8 Å². The van der Waals surface area contributed by atoms with Crippen LogP contribution in [-0.2, 0) is 16.0 Å². The van der Waals surface area contributed by atoms with Gasteiger partial charge in [0.2, 0.25) is 5.88 Å². The van der Waals surface area contributed by atoms with Gasteiger partial charge in [-0.15, -0.1) is 0 Å². The van der Waals surface area contributed by atoms with E-state index in [1.54, 1.807) is 0 Å². The lowest BCUT2D eigenvalue weighted by Crippen LogP contribution is -2.56. The highest BCUT2D eigenvalue weighted by Gasteiger charge is 2.30. The van der Waals surface area contributed by atoms with Crippen LogP contribution < -0.4 is 14.8 Å². The Hall–Kier alpha value is -2.02.